The van der Waals surface area contributed by atoms with Gasteiger partial charge in [0.25, 0.3) is 5.91 Å². The molecule has 0 fully saturated rings. The summed E-state index contributed by atoms with van der Waals surface area (Å²) in [4.78, 5) is 16.5. The molecule has 0 saturated carbocycles. The number of fused-ring (bicyclic) bond motifs is 1. The lowest BCUT2D eigenvalue weighted by Gasteiger charge is -2.07. The van der Waals surface area contributed by atoms with Crippen LogP contribution in [-0.2, 0) is 0 Å². The summed E-state index contributed by atoms with van der Waals surface area (Å²) in [6.07, 6.45) is 0. The molecular weight excluding hydrogens is 350 g/mol. The Kier molecular flexibility index (Phi) is 3.65. The van der Waals surface area contributed by atoms with Gasteiger partial charge in [0.2, 0.25) is 0 Å². The van der Waals surface area contributed by atoms with Gasteiger partial charge in [-0.3, -0.25) is 4.79 Å². The number of halogens is 1. The van der Waals surface area contributed by atoms with Crippen molar-refractivity contribution in [1.82, 2.24) is 4.98 Å². The van der Waals surface area contributed by atoms with E-state index < -0.39 is 0 Å². The quantitative estimate of drug-likeness (QED) is 0.718. The predicted molar refractivity (Wildman–Crippen MR) is 90.9 cm³/mol. The number of rotatable bonds is 2. The van der Waals surface area contributed by atoms with E-state index in [0.29, 0.717) is 10.7 Å². The highest BCUT2D eigenvalue weighted by atomic mass is 79.9. The number of nitrogens with two attached hydrogens (primary N) is 1. The van der Waals surface area contributed by atoms with E-state index >= 15 is 0 Å². The molecular formula is C15H12BrN3OS. The number of aromatic nitrogens is 1. The van der Waals surface area contributed by atoms with Gasteiger partial charge in [-0.15, -0.1) is 0 Å². The SMILES string of the molecule is Cc1cc(NC(=O)c2cccc(Br)c2)cc2sc(N)nc12. The topological polar surface area (TPSA) is 68.0 Å². The van der Waals surface area contributed by atoms with Gasteiger partial charge >= 0.3 is 0 Å². The molecule has 0 unspecified atom stereocenters. The predicted octanol–water partition coefficient (Wildman–Crippen LogP) is 4.20. The molecule has 106 valence electrons. The summed E-state index contributed by atoms with van der Waals surface area (Å²) in [5.74, 6) is -0.146. The van der Waals surface area contributed by atoms with Crippen molar-refractivity contribution in [2.24, 2.45) is 0 Å². The van der Waals surface area contributed by atoms with Crippen LogP contribution in [-0.4, -0.2) is 10.9 Å². The number of nitrogen functional groups attached to an aromatic ring is 1. The highest BCUT2D eigenvalue weighted by Crippen LogP contribution is 2.29. The largest absolute Gasteiger partial charge is 0.375 e. The van der Waals surface area contributed by atoms with Gasteiger partial charge < -0.3 is 11.1 Å². The molecule has 0 saturated heterocycles. The number of thiazole rings is 1. The van der Waals surface area contributed by atoms with Gasteiger partial charge in [0, 0.05) is 15.7 Å². The van der Waals surface area contributed by atoms with Crippen molar-refractivity contribution >= 4 is 54.2 Å². The maximum Gasteiger partial charge on any atom is 0.255 e. The first-order chi connectivity index (χ1) is 10.0. The standard InChI is InChI=1S/C15H12BrN3OS/c1-8-5-11(7-12-13(8)19-15(17)21-12)18-14(20)9-3-2-4-10(16)6-9/h2-7H,1H3,(H2,17,19)(H,18,20). The number of hydrogen-bond donors (Lipinski definition) is 2. The second-order valence-electron chi connectivity index (χ2n) is 4.66. The van der Waals surface area contributed by atoms with Gasteiger partial charge in [-0.1, -0.05) is 33.3 Å². The summed E-state index contributed by atoms with van der Waals surface area (Å²) in [6.45, 7) is 1.95. The van der Waals surface area contributed by atoms with Crippen LogP contribution < -0.4 is 11.1 Å². The first-order valence-corrected chi connectivity index (χ1v) is 7.87. The van der Waals surface area contributed by atoms with Crippen LogP contribution >= 0.6 is 27.3 Å². The molecule has 1 aromatic heterocycles. The Morgan fingerprint density at radius 2 is 2.14 bits per heavy atom. The Balaban J connectivity index is 1.92. The molecule has 0 aliphatic rings. The van der Waals surface area contributed by atoms with Crippen LogP contribution in [0.5, 0.6) is 0 Å². The number of nitrogens with zero attached hydrogens (tertiary/aromatic N) is 1. The fraction of sp³-hybridized carbons (Fsp3) is 0.0667. The fourth-order valence-corrected chi connectivity index (χ4v) is 3.37. The fourth-order valence-electron chi connectivity index (χ4n) is 2.12. The van der Waals surface area contributed by atoms with E-state index in [-0.39, 0.29) is 5.91 Å². The van der Waals surface area contributed by atoms with Crippen molar-refractivity contribution in [1.29, 1.82) is 0 Å². The Labute approximate surface area is 134 Å². The summed E-state index contributed by atoms with van der Waals surface area (Å²) >= 11 is 4.78. The third kappa shape index (κ3) is 2.91. The van der Waals surface area contributed by atoms with Gasteiger partial charge in [-0.2, -0.15) is 0 Å². The first-order valence-electron chi connectivity index (χ1n) is 6.26. The van der Waals surface area contributed by atoms with Crippen molar-refractivity contribution in [3.63, 3.8) is 0 Å². The average Bonchev–Trinajstić information content (AvgIpc) is 2.80. The normalized spacial score (nSPS) is 10.8. The molecule has 0 aliphatic carbocycles. The molecule has 0 radical (unpaired) electrons. The van der Waals surface area contributed by atoms with Gasteiger partial charge in [0.05, 0.1) is 10.2 Å². The molecule has 0 bridgehead atoms. The number of benzene rings is 2. The van der Waals surface area contributed by atoms with Crippen LogP contribution in [0.25, 0.3) is 10.2 Å². The second-order valence-corrected chi connectivity index (χ2v) is 6.63. The summed E-state index contributed by atoms with van der Waals surface area (Å²) < 4.78 is 1.84. The number of nitrogens with one attached hydrogen (secondary N) is 1. The minimum Gasteiger partial charge on any atom is -0.375 e. The zero-order valence-corrected chi connectivity index (χ0v) is 13.6. The molecule has 2 aromatic carbocycles. The minimum absolute atomic E-state index is 0.146. The van der Waals surface area contributed by atoms with Crippen molar-refractivity contribution in [3.05, 3.63) is 52.0 Å². The summed E-state index contributed by atoms with van der Waals surface area (Å²) in [7, 11) is 0. The van der Waals surface area contributed by atoms with Gasteiger partial charge in [0.15, 0.2) is 5.13 Å². The van der Waals surface area contributed by atoms with Crippen molar-refractivity contribution < 1.29 is 4.79 Å². The maximum atomic E-state index is 12.3. The molecule has 3 aromatic rings. The summed E-state index contributed by atoms with van der Waals surface area (Å²) in [5.41, 5.74) is 8.96. The Morgan fingerprint density at radius 1 is 1.33 bits per heavy atom. The Hall–Kier alpha value is -1.92. The van der Waals surface area contributed by atoms with Crippen molar-refractivity contribution in [2.45, 2.75) is 6.92 Å². The van der Waals surface area contributed by atoms with Gasteiger partial charge in [-0.25, -0.2) is 4.98 Å². The minimum atomic E-state index is -0.146. The smallest absolute Gasteiger partial charge is 0.255 e. The van der Waals surface area contributed by atoms with Crippen LogP contribution in [0.3, 0.4) is 0 Å². The van der Waals surface area contributed by atoms with Gasteiger partial charge in [0.1, 0.15) is 0 Å². The lowest BCUT2D eigenvalue weighted by atomic mass is 10.1. The van der Waals surface area contributed by atoms with Crippen molar-refractivity contribution in [2.75, 3.05) is 11.1 Å². The van der Waals surface area contributed by atoms with E-state index in [9.17, 15) is 4.79 Å². The zero-order valence-electron chi connectivity index (χ0n) is 11.2. The second kappa shape index (κ2) is 5.46. The van der Waals surface area contributed by atoms with Crippen molar-refractivity contribution in [3.8, 4) is 0 Å². The molecule has 3 rings (SSSR count). The van der Waals surface area contributed by atoms with E-state index in [0.717, 1.165) is 25.9 Å². The molecule has 6 heteroatoms. The summed E-state index contributed by atoms with van der Waals surface area (Å²) in [5, 5.41) is 3.44. The van der Waals surface area contributed by atoms with E-state index in [4.69, 9.17) is 5.73 Å². The molecule has 1 heterocycles. The highest BCUT2D eigenvalue weighted by Gasteiger charge is 2.10. The Bertz CT molecular complexity index is 844. The number of aryl methyl sites for hydroxylation is 1. The lowest BCUT2D eigenvalue weighted by Crippen LogP contribution is -2.11. The molecule has 3 N–H and O–H groups in total. The number of anilines is 2. The first kappa shape index (κ1) is 14.0. The van der Waals surface area contributed by atoms with Crippen LogP contribution in [0, 0.1) is 6.92 Å². The zero-order chi connectivity index (χ0) is 15.0. The van der Waals surface area contributed by atoms with Crippen LogP contribution in [0.2, 0.25) is 0 Å². The van der Waals surface area contributed by atoms with E-state index in [1.165, 1.54) is 11.3 Å². The molecule has 4 nitrogen and oxygen atoms in total. The van der Waals surface area contributed by atoms with E-state index in [1.807, 2.05) is 31.2 Å². The molecule has 0 atom stereocenters. The third-order valence-electron chi connectivity index (χ3n) is 3.05. The Morgan fingerprint density at radius 3 is 2.90 bits per heavy atom. The number of amides is 1. The molecule has 21 heavy (non-hydrogen) atoms. The number of carbonyl (C=O) groups excluding carboxylic acids is 1. The molecule has 0 aliphatic heterocycles. The summed E-state index contributed by atoms with van der Waals surface area (Å²) in [6, 6.07) is 11.1. The third-order valence-corrected chi connectivity index (χ3v) is 4.37. The number of hydrogen-bond acceptors (Lipinski definition) is 4. The van der Waals surface area contributed by atoms with E-state index in [1.54, 1.807) is 12.1 Å². The van der Waals surface area contributed by atoms with Crippen LogP contribution in [0.15, 0.2) is 40.9 Å². The van der Waals surface area contributed by atoms with E-state index in [2.05, 4.69) is 26.2 Å². The lowest BCUT2D eigenvalue weighted by molar-refractivity contribution is 0.102. The number of carbonyl (C=O) groups is 1. The van der Waals surface area contributed by atoms with Gasteiger partial charge in [-0.05, 0) is 42.8 Å². The molecule has 0 spiro atoms. The van der Waals surface area contributed by atoms with Crippen LogP contribution in [0.1, 0.15) is 15.9 Å². The molecule has 1 amide bonds. The maximum absolute atomic E-state index is 12.3. The average molecular weight is 362 g/mol. The monoisotopic (exact) mass is 361 g/mol. The highest BCUT2D eigenvalue weighted by molar-refractivity contribution is 9.10. The van der Waals surface area contributed by atoms with Crippen LogP contribution in [0.4, 0.5) is 10.8 Å².